The maximum atomic E-state index is 12.5. The van der Waals surface area contributed by atoms with Crippen LogP contribution in [-0.2, 0) is 11.2 Å². The Bertz CT molecular complexity index is 684. The molecule has 1 aliphatic rings. The molecule has 1 N–H and O–H groups in total. The van der Waals surface area contributed by atoms with E-state index in [4.69, 9.17) is 4.74 Å². The summed E-state index contributed by atoms with van der Waals surface area (Å²) < 4.78 is 5.09. The summed E-state index contributed by atoms with van der Waals surface area (Å²) in [6.45, 7) is 1.58. The van der Waals surface area contributed by atoms with Gasteiger partial charge in [-0.3, -0.25) is 4.79 Å². The van der Waals surface area contributed by atoms with E-state index in [1.807, 2.05) is 23.1 Å². The minimum absolute atomic E-state index is 0.0917. The van der Waals surface area contributed by atoms with Crippen LogP contribution in [0.5, 0.6) is 11.5 Å². The van der Waals surface area contributed by atoms with Gasteiger partial charge in [0, 0.05) is 19.0 Å². The smallest absolute Gasteiger partial charge is 0.227 e. The molecule has 0 spiro atoms. The molecule has 0 saturated carbocycles. The van der Waals surface area contributed by atoms with Gasteiger partial charge in [0.05, 0.1) is 13.5 Å². The second-order valence-corrected chi connectivity index (χ2v) is 5.92. The van der Waals surface area contributed by atoms with Crippen LogP contribution in [-0.4, -0.2) is 36.1 Å². The van der Waals surface area contributed by atoms with Crippen molar-refractivity contribution in [3.63, 3.8) is 0 Å². The fourth-order valence-corrected chi connectivity index (χ4v) is 3.10. The lowest BCUT2D eigenvalue weighted by molar-refractivity contribution is -0.129. The molecule has 1 atom stereocenters. The number of hydrogen-bond acceptors (Lipinski definition) is 3. The maximum Gasteiger partial charge on any atom is 0.227 e. The van der Waals surface area contributed by atoms with Crippen molar-refractivity contribution in [2.24, 2.45) is 0 Å². The summed E-state index contributed by atoms with van der Waals surface area (Å²) in [5, 5.41) is 9.62. The molecular weight excluding hydrogens is 290 g/mol. The van der Waals surface area contributed by atoms with Crippen molar-refractivity contribution in [1.82, 2.24) is 4.90 Å². The summed E-state index contributed by atoms with van der Waals surface area (Å²) in [7, 11) is 1.51. The highest BCUT2D eigenvalue weighted by molar-refractivity contribution is 5.79. The Kier molecular flexibility index (Phi) is 4.51. The molecule has 1 fully saturated rings. The molecule has 4 nitrogen and oxygen atoms in total. The Hall–Kier alpha value is -2.49. The van der Waals surface area contributed by atoms with Crippen LogP contribution in [0.2, 0.25) is 0 Å². The largest absolute Gasteiger partial charge is 0.504 e. The third-order valence-electron chi connectivity index (χ3n) is 4.41. The number of ether oxygens (including phenoxy) is 1. The Balaban J connectivity index is 1.63. The SMILES string of the molecule is COc1cc(CC(=O)N2CC[C@@H](c3ccccc3)C2)ccc1O. The zero-order valence-corrected chi connectivity index (χ0v) is 13.2. The first-order chi connectivity index (χ1) is 11.2. The zero-order chi connectivity index (χ0) is 16.2. The molecule has 2 aromatic rings. The van der Waals surface area contributed by atoms with E-state index in [2.05, 4.69) is 12.1 Å². The third-order valence-corrected chi connectivity index (χ3v) is 4.41. The standard InChI is InChI=1S/C19H21NO3/c1-23-18-11-14(7-8-17(18)21)12-19(22)20-10-9-16(13-20)15-5-3-2-4-6-15/h2-8,11,16,21H,9-10,12-13H2,1H3/t16-/m1/s1. The van der Waals surface area contributed by atoms with E-state index in [0.717, 1.165) is 25.1 Å². The Morgan fingerprint density at radius 1 is 1.26 bits per heavy atom. The first-order valence-electron chi connectivity index (χ1n) is 7.86. The average molecular weight is 311 g/mol. The zero-order valence-electron chi connectivity index (χ0n) is 13.2. The lowest BCUT2D eigenvalue weighted by atomic mass is 9.99. The normalized spacial score (nSPS) is 17.3. The fraction of sp³-hybridized carbons (Fsp3) is 0.316. The maximum absolute atomic E-state index is 12.5. The van der Waals surface area contributed by atoms with Crippen molar-refractivity contribution in [3.05, 3.63) is 59.7 Å². The molecule has 1 heterocycles. The molecule has 0 radical (unpaired) electrons. The molecular formula is C19H21NO3. The number of rotatable bonds is 4. The van der Waals surface area contributed by atoms with Gasteiger partial charge in [0.25, 0.3) is 0 Å². The number of amides is 1. The number of phenolic OH excluding ortho intramolecular Hbond substituents is 1. The minimum Gasteiger partial charge on any atom is -0.504 e. The van der Waals surface area contributed by atoms with Gasteiger partial charge < -0.3 is 14.7 Å². The van der Waals surface area contributed by atoms with Crippen LogP contribution in [0.3, 0.4) is 0 Å². The number of benzene rings is 2. The van der Waals surface area contributed by atoms with Crippen LogP contribution < -0.4 is 4.74 Å². The number of carbonyl (C=O) groups excluding carboxylic acids is 1. The lowest BCUT2D eigenvalue weighted by Gasteiger charge is -2.17. The van der Waals surface area contributed by atoms with Crippen molar-refractivity contribution < 1.29 is 14.6 Å². The molecule has 1 amide bonds. The summed E-state index contributed by atoms with van der Waals surface area (Å²) in [5.74, 6) is 1.04. The summed E-state index contributed by atoms with van der Waals surface area (Å²) in [6.07, 6.45) is 1.34. The predicted octanol–water partition coefficient (Wildman–Crippen LogP) is 2.96. The summed E-state index contributed by atoms with van der Waals surface area (Å²) >= 11 is 0. The van der Waals surface area contributed by atoms with E-state index in [-0.39, 0.29) is 11.7 Å². The third kappa shape index (κ3) is 3.47. The number of phenols is 1. The molecule has 0 unspecified atom stereocenters. The summed E-state index contributed by atoms with van der Waals surface area (Å²) in [6, 6.07) is 15.4. The van der Waals surface area contributed by atoms with Gasteiger partial charge in [0.15, 0.2) is 11.5 Å². The Morgan fingerprint density at radius 2 is 2.04 bits per heavy atom. The molecule has 0 bridgehead atoms. The highest BCUT2D eigenvalue weighted by Crippen LogP contribution is 2.29. The van der Waals surface area contributed by atoms with Crippen molar-refractivity contribution in [3.8, 4) is 11.5 Å². The van der Waals surface area contributed by atoms with Crippen molar-refractivity contribution in [2.75, 3.05) is 20.2 Å². The number of methoxy groups -OCH3 is 1. The number of carbonyl (C=O) groups is 1. The molecule has 1 saturated heterocycles. The van der Waals surface area contributed by atoms with Crippen LogP contribution in [0.1, 0.15) is 23.5 Å². The Morgan fingerprint density at radius 3 is 2.78 bits per heavy atom. The summed E-state index contributed by atoms with van der Waals surface area (Å²) in [5.41, 5.74) is 2.15. The van der Waals surface area contributed by atoms with E-state index in [1.54, 1.807) is 18.2 Å². The van der Waals surface area contributed by atoms with Gasteiger partial charge in [-0.15, -0.1) is 0 Å². The number of likely N-dealkylation sites (tertiary alicyclic amines) is 1. The first kappa shape index (κ1) is 15.4. The topological polar surface area (TPSA) is 49.8 Å². The van der Waals surface area contributed by atoms with Crippen molar-refractivity contribution >= 4 is 5.91 Å². The number of nitrogens with zero attached hydrogens (tertiary/aromatic N) is 1. The van der Waals surface area contributed by atoms with Crippen LogP contribution in [0.15, 0.2) is 48.5 Å². The van der Waals surface area contributed by atoms with E-state index >= 15 is 0 Å². The highest BCUT2D eigenvalue weighted by Gasteiger charge is 2.27. The first-order valence-corrected chi connectivity index (χ1v) is 7.86. The Labute approximate surface area is 136 Å². The van der Waals surface area contributed by atoms with Crippen molar-refractivity contribution in [1.29, 1.82) is 0 Å². The van der Waals surface area contributed by atoms with Gasteiger partial charge in [-0.05, 0) is 29.7 Å². The van der Waals surface area contributed by atoms with Crippen LogP contribution in [0, 0.1) is 0 Å². The van der Waals surface area contributed by atoms with Gasteiger partial charge >= 0.3 is 0 Å². The van der Waals surface area contributed by atoms with Gasteiger partial charge in [0.2, 0.25) is 5.91 Å². The van der Waals surface area contributed by atoms with Gasteiger partial charge in [-0.25, -0.2) is 0 Å². The molecule has 1 aliphatic heterocycles. The quantitative estimate of drug-likeness (QED) is 0.944. The van der Waals surface area contributed by atoms with E-state index in [9.17, 15) is 9.90 Å². The molecule has 23 heavy (non-hydrogen) atoms. The highest BCUT2D eigenvalue weighted by atomic mass is 16.5. The average Bonchev–Trinajstić information content (AvgIpc) is 3.07. The molecule has 0 aromatic heterocycles. The fourth-order valence-electron chi connectivity index (χ4n) is 3.10. The molecule has 3 rings (SSSR count). The number of aromatic hydroxyl groups is 1. The van der Waals surface area contributed by atoms with Gasteiger partial charge in [0.1, 0.15) is 0 Å². The molecule has 4 heteroatoms. The molecule has 120 valence electrons. The van der Waals surface area contributed by atoms with Gasteiger partial charge in [-0.2, -0.15) is 0 Å². The lowest BCUT2D eigenvalue weighted by Crippen LogP contribution is -2.29. The van der Waals surface area contributed by atoms with Crippen LogP contribution >= 0.6 is 0 Å². The van der Waals surface area contributed by atoms with E-state index < -0.39 is 0 Å². The van der Waals surface area contributed by atoms with Crippen LogP contribution in [0.4, 0.5) is 0 Å². The van der Waals surface area contributed by atoms with Gasteiger partial charge in [-0.1, -0.05) is 36.4 Å². The van der Waals surface area contributed by atoms with E-state index in [1.165, 1.54) is 12.7 Å². The minimum atomic E-state index is 0.0917. The molecule has 0 aliphatic carbocycles. The summed E-state index contributed by atoms with van der Waals surface area (Å²) in [4.78, 5) is 14.4. The second-order valence-electron chi connectivity index (χ2n) is 5.92. The second kappa shape index (κ2) is 6.73. The molecule has 2 aromatic carbocycles. The number of hydrogen-bond donors (Lipinski definition) is 1. The predicted molar refractivity (Wildman–Crippen MR) is 88.7 cm³/mol. The monoisotopic (exact) mass is 311 g/mol. The van der Waals surface area contributed by atoms with E-state index in [0.29, 0.717) is 18.1 Å². The van der Waals surface area contributed by atoms with Crippen molar-refractivity contribution in [2.45, 2.75) is 18.8 Å². The van der Waals surface area contributed by atoms with Crippen LogP contribution in [0.25, 0.3) is 0 Å².